The van der Waals surface area contributed by atoms with Gasteiger partial charge in [-0.15, -0.1) is 11.3 Å². The molecule has 1 aliphatic rings. The molecule has 1 unspecified atom stereocenters. The van der Waals surface area contributed by atoms with Crippen LogP contribution in [0.4, 0.5) is 5.82 Å². The van der Waals surface area contributed by atoms with Gasteiger partial charge in [0.25, 0.3) is 0 Å². The molecule has 2 aromatic rings. The van der Waals surface area contributed by atoms with Crippen LogP contribution < -0.4 is 15.5 Å². The molecule has 25 heavy (non-hydrogen) atoms. The fraction of sp³-hybridized carbons (Fsp3) is 0.471. The van der Waals surface area contributed by atoms with E-state index in [-0.39, 0.29) is 0 Å². The summed E-state index contributed by atoms with van der Waals surface area (Å²) in [5.74, 6) is 1.68. The molecular weight excluding hydrogens is 356 g/mol. The molecular formula is C17H23ClN6S. The van der Waals surface area contributed by atoms with E-state index in [0.29, 0.717) is 11.1 Å². The summed E-state index contributed by atoms with van der Waals surface area (Å²) >= 11 is 7.99. The van der Waals surface area contributed by atoms with E-state index in [4.69, 9.17) is 11.6 Å². The first-order valence-corrected chi connectivity index (χ1v) is 9.59. The second kappa shape index (κ2) is 8.49. The van der Waals surface area contributed by atoms with Crippen LogP contribution in [0.2, 0.25) is 5.02 Å². The molecule has 0 aromatic carbocycles. The van der Waals surface area contributed by atoms with Gasteiger partial charge < -0.3 is 15.5 Å². The Morgan fingerprint density at radius 2 is 2.36 bits per heavy atom. The molecule has 1 fully saturated rings. The molecule has 3 rings (SSSR count). The SMILES string of the molecule is CN=C(NCCc1ncc(C)s1)NC1CCN(c2ncccc2Cl)C1. The summed E-state index contributed by atoms with van der Waals surface area (Å²) in [4.78, 5) is 16.6. The molecule has 6 nitrogen and oxygen atoms in total. The molecule has 0 aliphatic carbocycles. The van der Waals surface area contributed by atoms with Gasteiger partial charge in [0.15, 0.2) is 5.96 Å². The molecule has 1 atom stereocenters. The number of anilines is 1. The number of pyridine rings is 1. The lowest BCUT2D eigenvalue weighted by Gasteiger charge is -2.20. The first kappa shape index (κ1) is 17.9. The molecule has 134 valence electrons. The van der Waals surface area contributed by atoms with Crippen molar-refractivity contribution in [1.29, 1.82) is 0 Å². The van der Waals surface area contributed by atoms with Crippen LogP contribution in [0, 0.1) is 6.92 Å². The van der Waals surface area contributed by atoms with Crippen LogP contribution in [-0.2, 0) is 6.42 Å². The smallest absolute Gasteiger partial charge is 0.191 e. The van der Waals surface area contributed by atoms with Crippen molar-refractivity contribution < 1.29 is 0 Å². The zero-order valence-corrected chi connectivity index (χ0v) is 16.1. The van der Waals surface area contributed by atoms with E-state index in [0.717, 1.165) is 49.3 Å². The molecule has 0 bridgehead atoms. The highest BCUT2D eigenvalue weighted by molar-refractivity contribution is 7.11. The highest BCUT2D eigenvalue weighted by Crippen LogP contribution is 2.25. The summed E-state index contributed by atoms with van der Waals surface area (Å²) in [6.45, 7) is 4.69. The molecule has 1 aliphatic heterocycles. The lowest BCUT2D eigenvalue weighted by Crippen LogP contribution is -2.45. The van der Waals surface area contributed by atoms with Crippen molar-refractivity contribution in [3.63, 3.8) is 0 Å². The lowest BCUT2D eigenvalue weighted by molar-refractivity contribution is 0.648. The van der Waals surface area contributed by atoms with E-state index < -0.39 is 0 Å². The van der Waals surface area contributed by atoms with Gasteiger partial charge >= 0.3 is 0 Å². The molecule has 0 radical (unpaired) electrons. The zero-order valence-electron chi connectivity index (χ0n) is 14.5. The number of thiazole rings is 1. The highest BCUT2D eigenvalue weighted by atomic mass is 35.5. The van der Waals surface area contributed by atoms with Gasteiger partial charge in [0.1, 0.15) is 5.82 Å². The number of halogens is 1. The topological polar surface area (TPSA) is 65.4 Å². The van der Waals surface area contributed by atoms with Crippen molar-refractivity contribution in [3.05, 3.63) is 39.4 Å². The van der Waals surface area contributed by atoms with Crippen LogP contribution in [0.3, 0.4) is 0 Å². The highest BCUT2D eigenvalue weighted by Gasteiger charge is 2.25. The minimum absolute atomic E-state index is 0.325. The normalized spacial score (nSPS) is 17.8. The van der Waals surface area contributed by atoms with Crippen molar-refractivity contribution in [2.45, 2.75) is 25.8 Å². The number of aromatic nitrogens is 2. The van der Waals surface area contributed by atoms with E-state index in [1.54, 1.807) is 24.6 Å². The number of aryl methyl sites for hydroxylation is 1. The molecule has 2 N–H and O–H groups in total. The summed E-state index contributed by atoms with van der Waals surface area (Å²) in [5.41, 5.74) is 0. The Morgan fingerprint density at radius 3 is 3.08 bits per heavy atom. The maximum atomic E-state index is 6.25. The number of aliphatic imine (C=N–C) groups is 1. The Morgan fingerprint density at radius 1 is 1.48 bits per heavy atom. The Kier molecular flexibility index (Phi) is 6.09. The maximum absolute atomic E-state index is 6.25. The third kappa shape index (κ3) is 4.83. The standard InChI is InChI=1S/C17H23ClN6S/c1-12-10-22-15(25-12)5-8-21-17(19-2)23-13-6-9-24(11-13)16-14(18)4-3-7-20-16/h3-4,7,10,13H,5-6,8-9,11H2,1-2H3,(H2,19,21,23). The fourth-order valence-corrected chi connectivity index (χ4v) is 3.90. The van der Waals surface area contributed by atoms with E-state index in [1.807, 2.05) is 18.3 Å². The maximum Gasteiger partial charge on any atom is 0.191 e. The van der Waals surface area contributed by atoms with Gasteiger partial charge in [0, 0.05) is 56.4 Å². The van der Waals surface area contributed by atoms with Crippen LogP contribution in [0.25, 0.3) is 0 Å². The molecule has 1 saturated heterocycles. The molecule has 8 heteroatoms. The van der Waals surface area contributed by atoms with Crippen molar-refractivity contribution in [2.75, 3.05) is 31.6 Å². The first-order valence-electron chi connectivity index (χ1n) is 8.39. The predicted molar refractivity (Wildman–Crippen MR) is 105 cm³/mol. The lowest BCUT2D eigenvalue weighted by atomic mass is 10.3. The van der Waals surface area contributed by atoms with Crippen molar-refractivity contribution in [3.8, 4) is 0 Å². The third-order valence-corrected chi connectivity index (χ3v) is 5.36. The quantitative estimate of drug-likeness (QED) is 0.618. The van der Waals surface area contributed by atoms with Crippen molar-refractivity contribution in [2.24, 2.45) is 4.99 Å². The fourth-order valence-electron chi connectivity index (χ4n) is 2.87. The molecule has 2 aromatic heterocycles. The van der Waals surface area contributed by atoms with E-state index in [1.165, 1.54) is 4.88 Å². The van der Waals surface area contributed by atoms with Crippen LogP contribution in [0.5, 0.6) is 0 Å². The summed E-state index contributed by atoms with van der Waals surface area (Å²) in [5, 5.41) is 8.70. The molecule has 0 saturated carbocycles. The van der Waals surface area contributed by atoms with Crippen molar-refractivity contribution >= 4 is 34.7 Å². The molecule has 0 amide bonds. The summed E-state index contributed by atoms with van der Waals surface area (Å²) < 4.78 is 0. The monoisotopic (exact) mass is 378 g/mol. The van der Waals surface area contributed by atoms with Crippen LogP contribution in [-0.4, -0.2) is 48.7 Å². The zero-order chi connectivity index (χ0) is 17.6. The number of guanidine groups is 1. The van der Waals surface area contributed by atoms with Crippen LogP contribution >= 0.6 is 22.9 Å². The second-order valence-corrected chi connectivity index (χ2v) is 7.72. The Hall–Kier alpha value is -1.86. The number of nitrogens with one attached hydrogen (secondary N) is 2. The predicted octanol–water partition coefficient (Wildman–Crippen LogP) is 2.49. The largest absolute Gasteiger partial charge is 0.356 e. The minimum atomic E-state index is 0.325. The summed E-state index contributed by atoms with van der Waals surface area (Å²) in [6, 6.07) is 4.06. The summed E-state index contributed by atoms with van der Waals surface area (Å²) in [7, 11) is 1.80. The van der Waals surface area contributed by atoms with E-state index in [9.17, 15) is 0 Å². The van der Waals surface area contributed by atoms with Gasteiger partial charge in [-0.3, -0.25) is 4.99 Å². The summed E-state index contributed by atoms with van der Waals surface area (Å²) in [6.07, 6.45) is 5.63. The Bertz CT molecular complexity index is 731. The van der Waals surface area contributed by atoms with Gasteiger partial charge in [-0.2, -0.15) is 0 Å². The van der Waals surface area contributed by atoms with Crippen LogP contribution in [0.1, 0.15) is 16.3 Å². The first-order chi connectivity index (χ1) is 12.2. The number of nitrogens with zero attached hydrogens (tertiary/aromatic N) is 4. The van der Waals surface area contributed by atoms with Gasteiger partial charge in [-0.25, -0.2) is 9.97 Å². The Balaban J connectivity index is 1.47. The average Bonchev–Trinajstić information content (AvgIpc) is 3.23. The molecule has 3 heterocycles. The van der Waals surface area contributed by atoms with E-state index >= 15 is 0 Å². The number of hydrogen-bond donors (Lipinski definition) is 2. The minimum Gasteiger partial charge on any atom is -0.356 e. The number of hydrogen-bond acceptors (Lipinski definition) is 5. The van der Waals surface area contributed by atoms with Gasteiger partial charge in [0.2, 0.25) is 0 Å². The molecule has 0 spiro atoms. The van der Waals surface area contributed by atoms with Crippen LogP contribution in [0.15, 0.2) is 29.5 Å². The average molecular weight is 379 g/mol. The van der Waals surface area contributed by atoms with E-state index in [2.05, 4.69) is 37.4 Å². The second-order valence-electron chi connectivity index (χ2n) is 6.00. The van der Waals surface area contributed by atoms with Gasteiger partial charge in [0.05, 0.1) is 10.0 Å². The van der Waals surface area contributed by atoms with Gasteiger partial charge in [-0.1, -0.05) is 11.6 Å². The Labute approximate surface area is 157 Å². The third-order valence-electron chi connectivity index (χ3n) is 4.09. The number of rotatable bonds is 5. The van der Waals surface area contributed by atoms with Gasteiger partial charge in [-0.05, 0) is 25.5 Å². The van der Waals surface area contributed by atoms with Crippen molar-refractivity contribution in [1.82, 2.24) is 20.6 Å².